The molecule has 0 saturated carbocycles. The number of piperidine rings is 1. The highest BCUT2D eigenvalue weighted by Crippen LogP contribution is 2.29. The molecule has 0 amide bonds. The molecule has 3 rings (SSSR count). The van der Waals surface area contributed by atoms with Gasteiger partial charge >= 0.3 is 0 Å². The highest BCUT2D eigenvalue weighted by molar-refractivity contribution is 6.30. The lowest BCUT2D eigenvalue weighted by Crippen LogP contribution is -2.45. The summed E-state index contributed by atoms with van der Waals surface area (Å²) in [6, 6.07) is 18.2. The van der Waals surface area contributed by atoms with Gasteiger partial charge in [0.2, 0.25) is 0 Å². The average Bonchev–Trinajstić information content (AvgIpc) is 2.67. The summed E-state index contributed by atoms with van der Waals surface area (Å²) in [5.41, 5.74) is 1.42. The van der Waals surface area contributed by atoms with E-state index >= 15 is 0 Å². The summed E-state index contributed by atoms with van der Waals surface area (Å²) in [4.78, 5) is 14.2. The van der Waals surface area contributed by atoms with Gasteiger partial charge in [0.25, 0.3) is 0 Å². The summed E-state index contributed by atoms with van der Waals surface area (Å²) in [6.07, 6.45) is 2.78. The molecule has 1 atom stereocenters. The number of ether oxygens (including phenoxy) is 1. The first-order chi connectivity index (χ1) is 12.6. The Labute approximate surface area is 160 Å². The van der Waals surface area contributed by atoms with Gasteiger partial charge in [-0.05, 0) is 68.6 Å². The monoisotopic (exact) mass is 371 g/mol. The maximum absolute atomic E-state index is 11.7. The van der Waals surface area contributed by atoms with Crippen molar-refractivity contribution in [3.05, 3.63) is 65.2 Å². The van der Waals surface area contributed by atoms with Crippen LogP contribution in [0, 0.1) is 0 Å². The van der Waals surface area contributed by atoms with Crippen LogP contribution >= 0.6 is 11.6 Å². The van der Waals surface area contributed by atoms with E-state index in [0.29, 0.717) is 24.0 Å². The molecular formula is C22H26ClNO2. The van der Waals surface area contributed by atoms with E-state index in [2.05, 4.69) is 35.2 Å². The normalized spacial score (nSPS) is 17.0. The number of hydrogen-bond donors (Lipinski definition) is 0. The minimum Gasteiger partial charge on any atom is -0.492 e. The predicted molar refractivity (Wildman–Crippen MR) is 106 cm³/mol. The molecule has 1 fully saturated rings. The number of hydrogen-bond acceptors (Lipinski definition) is 3. The highest BCUT2D eigenvalue weighted by atomic mass is 35.5. The van der Waals surface area contributed by atoms with E-state index in [1.165, 1.54) is 5.56 Å². The van der Waals surface area contributed by atoms with Gasteiger partial charge in [-0.1, -0.05) is 41.9 Å². The number of benzene rings is 2. The van der Waals surface area contributed by atoms with Gasteiger partial charge in [-0.25, -0.2) is 0 Å². The van der Waals surface area contributed by atoms with Gasteiger partial charge in [0, 0.05) is 11.4 Å². The zero-order valence-corrected chi connectivity index (χ0v) is 16.0. The molecule has 26 heavy (non-hydrogen) atoms. The third-order valence-electron chi connectivity index (χ3n) is 5.10. The van der Waals surface area contributed by atoms with Gasteiger partial charge in [-0.15, -0.1) is 0 Å². The lowest BCUT2D eigenvalue weighted by Gasteiger charge is -2.37. The summed E-state index contributed by atoms with van der Waals surface area (Å²) in [7, 11) is 0. The Hall–Kier alpha value is -1.84. The Kier molecular flexibility index (Phi) is 6.70. The van der Waals surface area contributed by atoms with Crippen molar-refractivity contribution in [1.29, 1.82) is 0 Å². The Balaban J connectivity index is 1.57. The lowest BCUT2D eigenvalue weighted by atomic mass is 9.88. The van der Waals surface area contributed by atoms with Gasteiger partial charge < -0.3 is 4.74 Å². The van der Waals surface area contributed by atoms with Crippen LogP contribution in [0.4, 0.5) is 0 Å². The van der Waals surface area contributed by atoms with Crippen molar-refractivity contribution in [3.63, 3.8) is 0 Å². The molecule has 1 saturated heterocycles. The van der Waals surface area contributed by atoms with E-state index in [-0.39, 0.29) is 11.8 Å². The number of likely N-dealkylation sites (tertiary alicyclic amines) is 1. The van der Waals surface area contributed by atoms with Crippen LogP contribution in [0.1, 0.15) is 37.7 Å². The van der Waals surface area contributed by atoms with Crippen LogP contribution in [-0.2, 0) is 4.79 Å². The second kappa shape index (κ2) is 9.20. The highest BCUT2D eigenvalue weighted by Gasteiger charge is 2.27. The van der Waals surface area contributed by atoms with Crippen LogP contribution in [0.15, 0.2) is 54.6 Å². The molecule has 2 aromatic carbocycles. The molecular weight excluding hydrogens is 346 g/mol. The van der Waals surface area contributed by atoms with Gasteiger partial charge in [0.15, 0.2) is 0 Å². The third kappa shape index (κ3) is 5.33. The molecule has 3 nitrogen and oxygen atoms in total. The fourth-order valence-electron chi connectivity index (χ4n) is 3.67. The van der Waals surface area contributed by atoms with Crippen LogP contribution in [0.2, 0.25) is 5.02 Å². The second-order valence-electron chi connectivity index (χ2n) is 7.05. The summed E-state index contributed by atoms with van der Waals surface area (Å²) in [5, 5.41) is 0.695. The molecule has 138 valence electrons. The number of Topliss-reactive ketones (excluding diaryl/α,β-unsaturated/α-hetero) is 1. The Morgan fingerprint density at radius 3 is 2.38 bits per heavy atom. The fourth-order valence-corrected chi connectivity index (χ4v) is 3.80. The van der Waals surface area contributed by atoms with Gasteiger partial charge in [-0.2, -0.15) is 0 Å². The van der Waals surface area contributed by atoms with Crippen LogP contribution in [0.5, 0.6) is 5.75 Å². The van der Waals surface area contributed by atoms with Crippen molar-refractivity contribution in [1.82, 2.24) is 4.90 Å². The smallest absolute Gasteiger partial charge is 0.131 e. The summed E-state index contributed by atoms with van der Waals surface area (Å²) in [6.45, 7) is 4.19. The first-order valence-corrected chi connectivity index (χ1v) is 9.66. The van der Waals surface area contributed by atoms with Crippen molar-refractivity contribution in [3.8, 4) is 5.75 Å². The minimum atomic E-state index is 0.125. The molecule has 1 heterocycles. The van der Waals surface area contributed by atoms with E-state index in [0.717, 1.165) is 31.7 Å². The van der Waals surface area contributed by atoms with E-state index in [1.54, 1.807) is 6.92 Å². The van der Waals surface area contributed by atoms with Gasteiger partial charge in [0.05, 0.1) is 6.04 Å². The SMILES string of the molecule is CC(=O)CC(COc1ccc(Cl)cc1)N1CCC(c2ccccc2)CC1. The molecule has 0 aliphatic carbocycles. The first-order valence-electron chi connectivity index (χ1n) is 9.28. The second-order valence-corrected chi connectivity index (χ2v) is 7.48. The molecule has 4 heteroatoms. The van der Waals surface area contributed by atoms with Crippen molar-refractivity contribution in [2.24, 2.45) is 0 Å². The molecule has 2 aromatic rings. The minimum absolute atomic E-state index is 0.125. The molecule has 0 spiro atoms. The maximum atomic E-state index is 11.7. The van der Waals surface area contributed by atoms with Crippen molar-refractivity contribution < 1.29 is 9.53 Å². The first kappa shape index (κ1) is 18.9. The Morgan fingerprint density at radius 1 is 1.12 bits per heavy atom. The Morgan fingerprint density at radius 2 is 1.77 bits per heavy atom. The van der Waals surface area contributed by atoms with E-state index in [1.807, 2.05) is 24.3 Å². The summed E-state index contributed by atoms with van der Waals surface area (Å²) in [5.74, 6) is 1.62. The quantitative estimate of drug-likeness (QED) is 0.689. The molecule has 0 radical (unpaired) electrons. The number of nitrogens with zero attached hydrogens (tertiary/aromatic N) is 1. The Bertz CT molecular complexity index is 694. The number of carbonyl (C=O) groups is 1. The van der Waals surface area contributed by atoms with Crippen molar-refractivity contribution in [2.75, 3.05) is 19.7 Å². The number of ketones is 1. The molecule has 0 bridgehead atoms. The zero-order chi connectivity index (χ0) is 18.4. The van der Waals surface area contributed by atoms with Crippen molar-refractivity contribution >= 4 is 17.4 Å². The standard InChI is InChI=1S/C22H26ClNO2/c1-17(25)15-21(16-26-22-9-7-20(23)8-10-22)24-13-11-19(12-14-24)18-5-3-2-4-6-18/h2-10,19,21H,11-16H2,1H3. The van der Waals surface area contributed by atoms with Crippen LogP contribution < -0.4 is 4.74 Å². The van der Waals surface area contributed by atoms with Gasteiger partial charge in [0.1, 0.15) is 18.1 Å². The maximum Gasteiger partial charge on any atom is 0.131 e. The summed E-state index contributed by atoms with van der Waals surface area (Å²) < 4.78 is 5.94. The molecule has 0 aromatic heterocycles. The average molecular weight is 372 g/mol. The topological polar surface area (TPSA) is 29.5 Å². The van der Waals surface area contributed by atoms with Gasteiger partial charge in [-0.3, -0.25) is 9.69 Å². The number of rotatable bonds is 7. The number of halogens is 1. The zero-order valence-electron chi connectivity index (χ0n) is 15.2. The fraction of sp³-hybridized carbons (Fsp3) is 0.409. The van der Waals surface area contributed by atoms with E-state index < -0.39 is 0 Å². The molecule has 0 N–H and O–H groups in total. The number of carbonyl (C=O) groups excluding carboxylic acids is 1. The predicted octanol–water partition coefficient (Wildman–Crippen LogP) is 4.95. The summed E-state index contributed by atoms with van der Waals surface area (Å²) >= 11 is 5.92. The van der Waals surface area contributed by atoms with Crippen LogP contribution in [-0.4, -0.2) is 36.4 Å². The van der Waals surface area contributed by atoms with E-state index in [9.17, 15) is 4.79 Å². The molecule has 1 unspecified atom stereocenters. The molecule has 1 aliphatic rings. The van der Waals surface area contributed by atoms with E-state index in [4.69, 9.17) is 16.3 Å². The lowest BCUT2D eigenvalue weighted by molar-refractivity contribution is -0.118. The van der Waals surface area contributed by atoms with Crippen LogP contribution in [0.25, 0.3) is 0 Å². The van der Waals surface area contributed by atoms with Crippen molar-refractivity contribution in [2.45, 2.75) is 38.1 Å². The third-order valence-corrected chi connectivity index (χ3v) is 5.35. The largest absolute Gasteiger partial charge is 0.492 e. The van der Waals surface area contributed by atoms with Crippen LogP contribution in [0.3, 0.4) is 0 Å². The molecule has 1 aliphatic heterocycles.